The summed E-state index contributed by atoms with van der Waals surface area (Å²) in [5, 5.41) is 10.3. The van der Waals surface area contributed by atoms with E-state index in [0.29, 0.717) is 23.5 Å². The van der Waals surface area contributed by atoms with Gasteiger partial charge in [-0.2, -0.15) is 0 Å². The van der Waals surface area contributed by atoms with Crippen LogP contribution in [0.2, 0.25) is 0 Å². The molecule has 0 aliphatic rings. The summed E-state index contributed by atoms with van der Waals surface area (Å²) in [7, 11) is 0. The van der Waals surface area contributed by atoms with E-state index in [0.717, 1.165) is 6.42 Å². The SMILES string of the molecule is CC(C)CCn1c(=O)cc(O)c2cccnc21. The first-order valence-electron chi connectivity index (χ1n) is 5.77. The Morgan fingerprint density at radius 2 is 2.24 bits per heavy atom. The van der Waals surface area contributed by atoms with Crippen LogP contribution in [0.4, 0.5) is 0 Å². The normalized spacial score (nSPS) is 11.2. The van der Waals surface area contributed by atoms with Gasteiger partial charge in [0.1, 0.15) is 11.4 Å². The lowest BCUT2D eigenvalue weighted by atomic mass is 10.1. The lowest BCUT2D eigenvalue weighted by molar-refractivity contribution is 0.474. The number of hydrogen-bond acceptors (Lipinski definition) is 3. The molecule has 2 aromatic heterocycles. The van der Waals surface area contributed by atoms with Crippen LogP contribution in [0.25, 0.3) is 11.0 Å². The van der Waals surface area contributed by atoms with Gasteiger partial charge in [-0.25, -0.2) is 4.98 Å². The predicted molar refractivity (Wildman–Crippen MR) is 67.1 cm³/mol. The predicted octanol–water partition coefficient (Wildman–Crippen LogP) is 2.15. The highest BCUT2D eigenvalue weighted by Gasteiger charge is 2.08. The minimum atomic E-state index is -0.200. The average Bonchev–Trinajstić information content (AvgIpc) is 2.28. The second kappa shape index (κ2) is 4.57. The molecule has 0 aliphatic heterocycles. The molecule has 90 valence electrons. The molecule has 17 heavy (non-hydrogen) atoms. The molecule has 0 bridgehead atoms. The number of aromatic hydroxyl groups is 1. The fraction of sp³-hybridized carbons (Fsp3) is 0.385. The molecule has 0 amide bonds. The Bertz CT molecular complexity index is 587. The van der Waals surface area contributed by atoms with Crippen molar-refractivity contribution in [1.29, 1.82) is 0 Å². The number of aryl methyl sites for hydroxylation is 1. The van der Waals surface area contributed by atoms with Crippen molar-refractivity contribution in [1.82, 2.24) is 9.55 Å². The van der Waals surface area contributed by atoms with Crippen LogP contribution in [0.15, 0.2) is 29.2 Å². The van der Waals surface area contributed by atoms with Crippen molar-refractivity contribution in [2.75, 3.05) is 0 Å². The van der Waals surface area contributed by atoms with Gasteiger partial charge in [0.15, 0.2) is 0 Å². The zero-order valence-electron chi connectivity index (χ0n) is 10.1. The molecule has 0 saturated carbocycles. The van der Waals surface area contributed by atoms with Crippen molar-refractivity contribution >= 4 is 11.0 Å². The molecule has 2 heterocycles. The van der Waals surface area contributed by atoms with Crippen LogP contribution in [0.1, 0.15) is 20.3 Å². The Morgan fingerprint density at radius 3 is 2.94 bits per heavy atom. The Kier molecular flexibility index (Phi) is 3.13. The maximum absolute atomic E-state index is 11.8. The van der Waals surface area contributed by atoms with Gasteiger partial charge in [-0.3, -0.25) is 9.36 Å². The topological polar surface area (TPSA) is 55.1 Å². The van der Waals surface area contributed by atoms with Gasteiger partial charge in [0.2, 0.25) is 0 Å². The molecule has 0 unspecified atom stereocenters. The molecule has 2 aromatic rings. The largest absolute Gasteiger partial charge is 0.507 e. The molecule has 0 saturated heterocycles. The molecule has 0 spiro atoms. The second-order valence-electron chi connectivity index (χ2n) is 4.58. The summed E-state index contributed by atoms with van der Waals surface area (Å²) in [6.45, 7) is 4.85. The quantitative estimate of drug-likeness (QED) is 0.882. The third kappa shape index (κ3) is 2.30. The molecule has 0 aliphatic carbocycles. The zero-order valence-corrected chi connectivity index (χ0v) is 10.1. The highest BCUT2D eigenvalue weighted by atomic mass is 16.3. The molecular weight excluding hydrogens is 216 g/mol. The maximum Gasteiger partial charge on any atom is 0.255 e. The number of aromatic nitrogens is 2. The number of hydrogen-bond donors (Lipinski definition) is 1. The summed E-state index contributed by atoms with van der Waals surface area (Å²) in [5.41, 5.74) is 0.354. The van der Waals surface area contributed by atoms with E-state index in [4.69, 9.17) is 0 Å². The monoisotopic (exact) mass is 232 g/mol. The van der Waals surface area contributed by atoms with Gasteiger partial charge in [0.25, 0.3) is 5.56 Å². The highest BCUT2D eigenvalue weighted by Crippen LogP contribution is 2.20. The fourth-order valence-corrected chi connectivity index (χ4v) is 1.79. The van der Waals surface area contributed by atoms with E-state index in [1.165, 1.54) is 6.07 Å². The maximum atomic E-state index is 11.8. The van der Waals surface area contributed by atoms with Gasteiger partial charge in [-0.05, 0) is 24.5 Å². The molecule has 0 aromatic carbocycles. The average molecular weight is 232 g/mol. The standard InChI is InChI=1S/C13H16N2O2/c1-9(2)5-7-15-12(17)8-11(16)10-4-3-6-14-13(10)15/h3-4,6,8-9,16H,5,7H2,1-2H3. The Hall–Kier alpha value is -1.84. The third-order valence-electron chi connectivity index (χ3n) is 2.77. The van der Waals surface area contributed by atoms with Crippen molar-refractivity contribution in [2.45, 2.75) is 26.8 Å². The summed E-state index contributed by atoms with van der Waals surface area (Å²) in [6.07, 6.45) is 2.55. The highest BCUT2D eigenvalue weighted by molar-refractivity contribution is 5.81. The van der Waals surface area contributed by atoms with Gasteiger partial charge in [0.05, 0.1) is 5.39 Å². The van der Waals surface area contributed by atoms with E-state index < -0.39 is 0 Å². The van der Waals surface area contributed by atoms with Gasteiger partial charge < -0.3 is 5.11 Å². The Morgan fingerprint density at radius 1 is 1.47 bits per heavy atom. The van der Waals surface area contributed by atoms with E-state index in [-0.39, 0.29) is 11.3 Å². The Balaban J connectivity index is 2.57. The molecule has 0 radical (unpaired) electrons. The van der Waals surface area contributed by atoms with Gasteiger partial charge in [0, 0.05) is 18.8 Å². The van der Waals surface area contributed by atoms with E-state index in [1.54, 1.807) is 22.9 Å². The van der Waals surface area contributed by atoms with Crippen molar-refractivity contribution in [3.8, 4) is 5.75 Å². The van der Waals surface area contributed by atoms with Gasteiger partial charge >= 0.3 is 0 Å². The summed E-state index contributed by atoms with van der Waals surface area (Å²) < 4.78 is 1.62. The fourth-order valence-electron chi connectivity index (χ4n) is 1.79. The van der Waals surface area contributed by atoms with E-state index in [9.17, 15) is 9.90 Å². The van der Waals surface area contributed by atoms with Crippen molar-refractivity contribution in [2.24, 2.45) is 5.92 Å². The van der Waals surface area contributed by atoms with Crippen LogP contribution in [-0.2, 0) is 6.54 Å². The zero-order chi connectivity index (χ0) is 12.4. The van der Waals surface area contributed by atoms with Crippen LogP contribution in [0.3, 0.4) is 0 Å². The van der Waals surface area contributed by atoms with Crippen molar-refractivity contribution < 1.29 is 5.11 Å². The summed E-state index contributed by atoms with van der Waals surface area (Å²) in [4.78, 5) is 16.0. The minimum Gasteiger partial charge on any atom is -0.507 e. The second-order valence-corrected chi connectivity index (χ2v) is 4.58. The summed E-state index contributed by atoms with van der Waals surface area (Å²) in [5.74, 6) is 0.522. The smallest absolute Gasteiger partial charge is 0.255 e. The first-order chi connectivity index (χ1) is 8.09. The van der Waals surface area contributed by atoms with Crippen LogP contribution < -0.4 is 5.56 Å². The Labute approximate surface area is 99.5 Å². The van der Waals surface area contributed by atoms with Gasteiger partial charge in [-0.1, -0.05) is 13.8 Å². The number of pyridine rings is 2. The van der Waals surface area contributed by atoms with Crippen molar-refractivity contribution in [3.63, 3.8) is 0 Å². The molecule has 4 heteroatoms. The number of rotatable bonds is 3. The molecule has 0 fully saturated rings. The third-order valence-corrected chi connectivity index (χ3v) is 2.77. The van der Waals surface area contributed by atoms with E-state index in [2.05, 4.69) is 18.8 Å². The van der Waals surface area contributed by atoms with Crippen LogP contribution in [0.5, 0.6) is 5.75 Å². The first-order valence-corrected chi connectivity index (χ1v) is 5.77. The van der Waals surface area contributed by atoms with E-state index >= 15 is 0 Å². The lowest BCUT2D eigenvalue weighted by Crippen LogP contribution is -2.21. The summed E-state index contributed by atoms with van der Waals surface area (Å²) in [6, 6.07) is 4.77. The van der Waals surface area contributed by atoms with Crippen LogP contribution in [0, 0.1) is 5.92 Å². The minimum absolute atomic E-state index is 0.00102. The van der Waals surface area contributed by atoms with E-state index in [1.807, 2.05) is 0 Å². The first kappa shape index (κ1) is 11.6. The lowest BCUT2D eigenvalue weighted by Gasteiger charge is -2.11. The summed E-state index contributed by atoms with van der Waals surface area (Å²) >= 11 is 0. The number of fused-ring (bicyclic) bond motifs is 1. The number of nitrogens with zero attached hydrogens (tertiary/aromatic N) is 2. The molecule has 2 rings (SSSR count). The van der Waals surface area contributed by atoms with Gasteiger partial charge in [-0.15, -0.1) is 0 Å². The van der Waals surface area contributed by atoms with Crippen molar-refractivity contribution in [3.05, 3.63) is 34.7 Å². The molecular formula is C13H16N2O2. The van der Waals surface area contributed by atoms with Crippen LogP contribution >= 0.6 is 0 Å². The molecule has 4 nitrogen and oxygen atoms in total. The van der Waals surface area contributed by atoms with Crippen LogP contribution in [-0.4, -0.2) is 14.7 Å². The molecule has 0 atom stereocenters. The molecule has 1 N–H and O–H groups in total.